The first-order valence-electron chi connectivity index (χ1n) is 5.31. The van der Waals surface area contributed by atoms with E-state index in [-0.39, 0.29) is 5.56 Å². The number of aliphatic hydroxyl groups excluding tert-OH is 1. The molecule has 1 heterocycles. The molecule has 1 rings (SSSR count). The Kier molecular flexibility index (Phi) is 4.33. The van der Waals surface area contributed by atoms with Crippen LogP contribution >= 0.6 is 0 Å². The number of halogens is 3. The molecule has 18 heavy (non-hydrogen) atoms. The maximum atomic E-state index is 12.0. The Bertz CT molecular complexity index is 428. The Morgan fingerprint density at radius 3 is 2.72 bits per heavy atom. The molecule has 0 radical (unpaired) electrons. The summed E-state index contributed by atoms with van der Waals surface area (Å²) in [6.07, 6.45) is -5.39. The molecule has 1 amide bonds. The molecule has 0 aromatic carbocycles. The van der Waals surface area contributed by atoms with Gasteiger partial charge >= 0.3 is 6.18 Å². The van der Waals surface area contributed by atoms with Crippen LogP contribution in [-0.2, 0) is 13.5 Å². The lowest BCUT2D eigenvalue weighted by Crippen LogP contribution is -2.40. The molecular formula is C10H14F3N3O2. The average molecular weight is 265 g/mol. The molecule has 0 saturated heterocycles. The summed E-state index contributed by atoms with van der Waals surface area (Å²) in [4.78, 5) is 11.6. The van der Waals surface area contributed by atoms with Crippen LogP contribution in [0.5, 0.6) is 0 Å². The summed E-state index contributed by atoms with van der Waals surface area (Å²) in [7, 11) is 1.61. The van der Waals surface area contributed by atoms with Gasteiger partial charge in [0.25, 0.3) is 5.91 Å². The van der Waals surface area contributed by atoms with Crippen molar-refractivity contribution in [3.63, 3.8) is 0 Å². The van der Waals surface area contributed by atoms with E-state index in [9.17, 15) is 18.0 Å². The van der Waals surface area contributed by atoms with E-state index >= 15 is 0 Å². The molecule has 0 fully saturated rings. The quantitative estimate of drug-likeness (QED) is 0.839. The van der Waals surface area contributed by atoms with Crippen LogP contribution in [0.25, 0.3) is 0 Å². The molecule has 102 valence electrons. The second kappa shape index (κ2) is 5.38. The molecule has 1 atom stereocenters. The summed E-state index contributed by atoms with van der Waals surface area (Å²) >= 11 is 0. The number of carbonyl (C=O) groups excluding carboxylic acids is 1. The molecule has 0 bridgehead atoms. The predicted octanol–water partition coefficient (Wildman–Crippen LogP) is 0.635. The molecule has 0 aliphatic heterocycles. The summed E-state index contributed by atoms with van der Waals surface area (Å²) in [5.41, 5.74) is 0.714. The molecule has 0 saturated carbocycles. The van der Waals surface area contributed by atoms with Crippen molar-refractivity contribution in [1.82, 2.24) is 15.1 Å². The Hall–Kier alpha value is -1.57. The molecule has 5 nitrogen and oxygen atoms in total. The van der Waals surface area contributed by atoms with Gasteiger partial charge < -0.3 is 10.4 Å². The Morgan fingerprint density at radius 2 is 2.22 bits per heavy atom. The van der Waals surface area contributed by atoms with Gasteiger partial charge in [-0.2, -0.15) is 18.3 Å². The third-order valence-electron chi connectivity index (χ3n) is 2.32. The Labute approximate surface area is 102 Å². The minimum atomic E-state index is -4.74. The van der Waals surface area contributed by atoms with Crippen molar-refractivity contribution >= 4 is 5.91 Å². The zero-order chi connectivity index (χ0) is 13.9. The fourth-order valence-corrected chi connectivity index (χ4v) is 1.39. The summed E-state index contributed by atoms with van der Waals surface area (Å²) in [5, 5.41) is 14.8. The Balaban J connectivity index is 2.66. The van der Waals surface area contributed by atoms with Crippen molar-refractivity contribution in [3.05, 3.63) is 17.5 Å². The van der Waals surface area contributed by atoms with E-state index in [1.807, 2.05) is 5.32 Å². The lowest BCUT2D eigenvalue weighted by atomic mass is 10.2. The lowest BCUT2D eigenvalue weighted by Gasteiger charge is -2.14. The first-order valence-corrected chi connectivity index (χ1v) is 5.31. The van der Waals surface area contributed by atoms with Gasteiger partial charge in [-0.15, -0.1) is 0 Å². The van der Waals surface area contributed by atoms with Gasteiger partial charge in [-0.1, -0.05) is 6.92 Å². The monoisotopic (exact) mass is 265 g/mol. The third kappa shape index (κ3) is 3.46. The van der Waals surface area contributed by atoms with E-state index in [4.69, 9.17) is 5.11 Å². The number of rotatable bonds is 4. The number of alkyl halides is 3. The minimum Gasteiger partial charge on any atom is -0.382 e. The van der Waals surface area contributed by atoms with Crippen LogP contribution in [0.1, 0.15) is 23.0 Å². The van der Waals surface area contributed by atoms with Gasteiger partial charge in [0.1, 0.15) is 0 Å². The third-order valence-corrected chi connectivity index (χ3v) is 2.32. The molecule has 0 aliphatic rings. The van der Waals surface area contributed by atoms with E-state index in [1.165, 1.54) is 10.9 Å². The fraction of sp³-hybridized carbons (Fsp3) is 0.600. The molecule has 1 unspecified atom stereocenters. The number of hydrogen-bond donors (Lipinski definition) is 2. The lowest BCUT2D eigenvalue weighted by molar-refractivity contribution is -0.201. The van der Waals surface area contributed by atoms with E-state index in [0.29, 0.717) is 12.1 Å². The summed E-state index contributed by atoms with van der Waals surface area (Å²) in [6.45, 7) is 0.907. The molecular weight excluding hydrogens is 251 g/mol. The highest BCUT2D eigenvalue weighted by atomic mass is 19.4. The highest BCUT2D eigenvalue weighted by molar-refractivity contribution is 5.95. The normalized spacial score (nSPS) is 13.4. The zero-order valence-electron chi connectivity index (χ0n) is 9.95. The van der Waals surface area contributed by atoms with Gasteiger partial charge in [-0.05, 0) is 6.42 Å². The molecule has 2 N–H and O–H groups in total. The van der Waals surface area contributed by atoms with Gasteiger partial charge in [0.2, 0.25) is 0 Å². The van der Waals surface area contributed by atoms with E-state index < -0.39 is 24.7 Å². The zero-order valence-corrected chi connectivity index (χ0v) is 9.95. The minimum absolute atomic E-state index is 0.217. The summed E-state index contributed by atoms with van der Waals surface area (Å²) in [5.74, 6) is -0.678. The van der Waals surface area contributed by atoms with Crippen LogP contribution in [0.15, 0.2) is 6.20 Å². The van der Waals surface area contributed by atoms with E-state index in [2.05, 4.69) is 5.10 Å². The van der Waals surface area contributed by atoms with Crippen LogP contribution in [-0.4, -0.2) is 39.6 Å². The summed E-state index contributed by atoms with van der Waals surface area (Å²) in [6, 6.07) is 0. The van der Waals surface area contributed by atoms with Crippen LogP contribution < -0.4 is 5.32 Å². The standard InChI is InChI=1S/C10H14F3N3O2/c1-3-7-6(5-16(2)15-7)9(18)14-4-8(17)10(11,12)13/h5,8,17H,3-4H2,1-2H3,(H,14,18). The predicted molar refractivity (Wildman–Crippen MR) is 57.0 cm³/mol. The second-order valence-corrected chi connectivity index (χ2v) is 3.78. The number of aryl methyl sites for hydroxylation is 2. The molecule has 0 spiro atoms. The van der Waals surface area contributed by atoms with Crippen LogP contribution in [0, 0.1) is 0 Å². The molecule has 0 aliphatic carbocycles. The number of hydrogen-bond acceptors (Lipinski definition) is 3. The first-order chi connectivity index (χ1) is 8.25. The fourth-order valence-electron chi connectivity index (χ4n) is 1.39. The van der Waals surface area contributed by atoms with Crippen LogP contribution in [0.2, 0.25) is 0 Å². The average Bonchev–Trinajstić information content (AvgIpc) is 2.65. The Morgan fingerprint density at radius 1 is 1.61 bits per heavy atom. The number of nitrogens with one attached hydrogen (secondary N) is 1. The smallest absolute Gasteiger partial charge is 0.382 e. The van der Waals surface area contributed by atoms with Gasteiger partial charge in [0.15, 0.2) is 6.10 Å². The van der Waals surface area contributed by atoms with Crippen molar-refractivity contribution in [2.75, 3.05) is 6.54 Å². The topological polar surface area (TPSA) is 67.2 Å². The maximum Gasteiger partial charge on any atom is 0.416 e. The number of amides is 1. The largest absolute Gasteiger partial charge is 0.416 e. The van der Waals surface area contributed by atoms with Gasteiger partial charge in [0, 0.05) is 13.2 Å². The number of aromatic nitrogens is 2. The van der Waals surface area contributed by atoms with Crippen molar-refractivity contribution in [2.45, 2.75) is 25.6 Å². The molecule has 1 aromatic rings. The van der Waals surface area contributed by atoms with Gasteiger partial charge in [0.05, 0.1) is 17.8 Å². The van der Waals surface area contributed by atoms with Crippen molar-refractivity contribution < 1.29 is 23.1 Å². The van der Waals surface area contributed by atoms with Gasteiger partial charge in [-0.25, -0.2) is 0 Å². The van der Waals surface area contributed by atoms with Crippen molar-refractivity contribution in [2.24, 2.45) is 7.05 Å². The highest BCUT2D eigenvalue weighted by Gasteiger charge is 2.38. The van der Waals surface area contributed by atoms with Crippen molar-refractivity contribution in [1.29, 1.82) is 0 Å². The van der Waals surface area contributed by atoms with E-state index in [0.717, 1.165) is 0 Å². The van der Waals surface area contributed by atoms with Crippen molar-refractivity contribution in [3.8, 4) is 0 Å². The molecule has 8 heteroatoms. The highest BCUT2D eigenvalue weighted by Crippen LogP contribution is 2.19. The van der Waals surface area contributed by atoms with Crippen LogP contribution in [0.4, 0.5) is 13.2 Å². The number of nitrogens with zero attached hydrogens (tertiary/aromatic N) is 2. The number of carbonyl (C=O) groups is 1. The van der Waals surface area contributed by atoms with Gasteiger partial charge in [-0.3, -0.25) is 9.48 Å². The SMILES string of the molecule is CCc1nn(C)cc1C(=O)NCC(O)C(F)(F)F. The first kappa shape index (κ1) is 14.5. The summed E-state index contributed by atoms with van der Waals surface area (Å²) < 4.78 is 37.5. The van der Waals surface area contributed by atoms with E-state index in [1.54, 1.807) is 14.0 Å². The maximum absolute atomic E-state index is 12.0. The number of aliphatic hydroxyl groups is 1. The molecule has 1 aromatic heterocycles. The second-order valence-electron chi connectivity index (χ2n) is 3.78. The van der Waals surface area contributed by atoms with Crippen LogP contribution in [0.3, 0.4) is 0 Å².